The van der Waals surface area contributed by atoms with Crippen LogP contribution in [0.5, 0.6) is 0 Å². The summed E-state index contributed by atoms with van der Waals surface area (Å²) in [5.74, 6) is 0. The molecule has 0 aliphatic heterocycles. The zero-order valence-corrected chi connectivity index (χ0v) is 12.5. The lowest BCUT2D eigenvalue weighted by Gasteiger charge is -2.08. The number of anilines is 1. The quantitative estimate of drug-likeness (QED) is 0.900. The second-order valence-electron chi connectivity index (χ2n) is 3.72. The fraction of sp³-hybridized carbons (Fsp3) is 0. The smallest absolute Gasteiger partial charge is 0.261 e. The van der Waals surface area contributed by atoms with E-state index in [0.29, 0.717) is 10.7 Å². The molecule has 0 aliphatic carbocycles. The largest absolute Gasteiger partial charge is 0.280 e. The second kappa shape index (κ2) is 5.59. The zero-order valence-electron chi connectivity index (χ0n) is 9.40. The molecule has 0 spiro atoms. The van der Waals surface area contributed by atoms with Gasteiger partial charge in [-0.25, -0.2) is 8.42 Å². The van der Waals surface area contributed by atoms with Gasteiger partial charge in [0.05, 0.1) is 4.90 Å². The second-order valence-corrected chi connectivity index (χ2v) is 6.71. The highest BCUT2D eigenvalue weighted by Gasteiger charge is 2.15. The molecule has 0 bridgehead atoms. The van der Waals surface area contributed by atoms with Crippen LogP contribution in [0.15, 0.2) is 47.4 Å². The van der Waals surface area contributed by atoms with Gasteiger partial charge in [-0.2, -0.15) is 0 Å². The summed E-state index contributed by atoms with van der Waals surface area (Å²) >= 11 is 17.3. The molecule has 1 N–H and O–H groups in total. The topological polar surface area (TPSA) is 46.2 Å². The van der Waals surface area contributed by atoms with Gasteiger partial charge in [-0.15, -0.1) is 0 Å². The van der Waals surface area contributed by atoms with E-state index in [9.17, 15) is 8.42 Å². The normalized spacial score (nSPS) is 11.3. The van der Waals surface area contributed by atoms with Crippen molar-refractivity contribution in [2.45, 2.75) is 4.90 Å². The summed E-state index contributed by atoms with van der Waals surface area (Å²) in [5, 5.41) is 1.03. The fourth-order valence-electron chi connectivity index (χ4n) is 1.42. The molecule has 2 aromatic rings. The number of halogens is 3. The van der Waals surface area contributed by atoms with Crippen molar-refractivity contribution in [2.75, 3.05) is 4.72 Å². The van der Waals surface area contributed by atoms with Gasteiger partial charge in [-0.1, -0.05) is 34.8 Å². The van der Waals surface area contributed by atoms with Crippen molar-refractivity contribution in [1.29, 1.82) is 0 Å². The monoisotopic (exact) mass is 335 g/mol. The summed E-state index contributed by atoms with van der Waals surface area (Å²) in [6.07, 6.45) is 0. The highest BCUT2D eigenvalue weighted by molar-refractivity contribution is 7.92. The van der Waals surface area contributed by atoms with E-state index in [2.05, 4.69) is 4.72 Å². The SMILES string of the molecule is O=S(=O)(Nc1ccc(Cl)cc1)c1cc(Cl)cc(Cl)c1. The molecular weight excluding hydrogens is 329 g/mol. The molecule has 7 heteroatoms. The molecule has 0 heterocycles. The van der Waals surface area contributed by atoms with E-state index in [4.69, 9.17) is 34.8 Å². The van der Waals surface area contributed by atoms with Crippen molar-refractivity contribution in [3.8, 4) is 0 Å². The molecule has 0 aromatic heterocycles. The van der Waals surface area contributed by atoms with E-state index in [1.165, 1.54) is 18.2 Å². The molecule has 0 unspecified atom stereocenters. The third-order valence-electron chi connectivity index (χ3n) is 2.24. The average molecular weight is 337 g/mol. The van der Waals surface area contributed by atoms with E-state index in [1.807, 2.05) is 0 Å². The molecule has 2 rings (SSSR count). The zero-order chi connectivity index (χ0) is 14.0. The van der Waals surface area contributed by atoms with Gasteiger partial charge in [-0.3, -0.25) is 4.72 Å². The van der Waals surface area contributed by atoms with Crippen LogP contribution in [-0.2, 0) is 10.0 Å². The Hall–Kier alpha value is -0.940. The first kappa shape index (κ1) is 14.5. The maximum Gasteiger partial charge on any atom is 0.261 e. The van der Waals surface area contributed by atoms with Gasteiger partial charge in [0.15, 0.2) is 0 Å². The molecule has 100 valence electrons. The van der Waals surface area contributed by atoms with Gasteiger partial charge < -0.3 is 0 Å². The first-order valence-electron chi connectivity index (χ1n) is 5.11. The molecular formula is C12H8Cl3NO2S. The molecule has 0 saturated carbocycles. The third kappa shape index (κ3) is 3.76. The average Bonchev–Trinajstić information content (AvgIpc) is 2.31. The Bertz CT molecular complexity index is 679. The van der Waals surface area contributed by atoms with Crippen LogP contribution in [0.2, 0.25) is 15.1 Å². The summed E-state index contributed by atoms with van der Waals surface area (Å²) in [7, 11) is -3.73. The lowest BCUT2D eigenvalue weighted by molar-refractivity contribution is 0.601. The Labute approximate surface area is 126 Å². The van der Waals surface area contributed by atoms with E-state index >= 15 is 0 Å². The third-order valence-corrected chi connectivity index (χ3v) is 4.29. The number of hydrogen-bond donors (Lipinski definition) is 1. The highest BCUT2D eigenvalue weighted by Crippen LogP contribution is 2.24. The summed E-state index contributed by atoms with van der Waals surface area (Å²) in [5.41, 5.74) is 0.403. The first-order valence-corrected chi connectivity index (χ1v) is 7.73. The standard InChI is InChI=1S/C12H8Cl3NO2S/c13-8-1-3-11(4-2-8)16-19(17,18)12-6-9(14)5-10(15)7-12/h1-7,16H. The highest BCUT2D eigenvalue weighted by atomic mass is 35.5. The first-order chi connectivity index (χ1) is 8.87. The van der Waals surface area contributed by atoms with Crippen LogP contribution < -0.4 is 4.72 Å². The van der Waals surface area contributed by atoms with Crippen molar-refractivity contribution < 1.29 is 8.42 Å². The predicted octanol–water partition coefficient (Wildman–Crippen LogP) is 4.45. The van der Waals surface area contributed by atoms with Crippen LogP contribution in [0.25, 0.3) is 0 Å². The minimum absolute atomic E-state index is 0.0000463. The van der Waals surface area contributed by atoms with E-state index in [0.717, 1.165) is 0 Å². The maximum absolute atomic E-state index is 12.1. The van der Waals surface area contributed by atoms with Crippen molar-refractivity contribution in [2.24, 2.45) is 0 Å². The summed E-state index contributed by atoms with van der Waals surface area (Å²) in [6, 6.07) is 10.4. The number of hydrogen-bond acceptors (Lipinski definition) is 2. The minimum atomic E-state index is -3.73. The lowest BCUT2D eigenvalue weighted by atomic mass is 10.3. The number of benzene rings is 2. The van der Waals surface area contributed by atoms with E-state index in [1.54, 1.807) is 24.3 Å². The summed E-state index contributed by atoms with van der Waals surface area (Å²) in [4.78, 5) is -0.0000463. The van der Waals surface area contributed by atoms with E-state index in [-0.39, 0.29) is 14.9 Å². The molecule has 0 atom stereocenters. The molecule has 19 heavy (non-hydrogen) atoms. The number of nitrogens with one attached hydrogen (secondary N) is 1. The van der Waals surface area contributed by atoms with Crippen molar-refractivity contribution >= 4 is 50.5 Å². The molecule has 0 saturated heterocycles. The van der Waals surface area contributed by atoms with Crippen LogP contribution in [0, 0.1) is 0 Å². The van der Waals surface area contributed by atoms with Gasteiger partial charge in [0.25, 0.3) is 10.0 Å². The van der Waals surface area contributed by atoms with Gasteiger partial charge in [0.2, 0.25) is 0 Å². The Morgan fingerprint density at radius 1 is 0.789 bits per heavy atom. The van der Waals surface area contributed by atoms with Crippen LogP contribution in [-0.4, -0.2) is 8.42 Å². The van der Waals surface area contributed by atoms with Gasteiger partial charge in [0, 0.05) is 20.8 Å². The molecule has 3 nitrogen and oxygen atoms in total. The number of sulfonamides is 1. The van der Waals surface area contributed by atoms with Crippen LogP contribution in [0.3, 0.4) is 0 Å². The van der Waals surface area contributed by atoms with Gasteiger partial charge in [0.1, 0.15) is 0 Å². The number of rotatable bonds is 3. The minimum Gasteiger partial charge on any atom is -0.280 e. The summed E-state index contributed by atoms with van der Waals surface area (Å²) in [6.45, 7) is 0. The lowest BCUT2D eigenvalue weighted by Crippen LogP contribution is -2.12. The van der Waals surface area contributed by atoms with E-state index < -0.39 is 10.0 Å². The van der Waals surface area contributed by atoms with Crippen molar-refractivity contribution in [1.82, 2.24) is 0 Å². The molecule has 2 aromatic carbocycles. The molecule has 0 fully saturated rings. The Kier molecular flexibility index (Phi) is 4.26. The van der Waals surface area contributed by atoms with Crippen molar-refractivity contribution in [3.05, 3.63) is 57.5 Å². The molecule has 0 radical (unpaired) electrons. The van der Waals surface area contributed by atoms with Crippen LogP contribution in [0.1, 0.15) is 0 Å². The Morgan fingerprint density at radius 2 is 1.32 bits per heavy atom. The van der Waals surface area contributed by atoms with Crippen molar-refractivity contribution in [3.63, 3.8) is 0 Å². The molecule has 0 amide bonds. The van der Waals surface area contributed by atoms with Crippen LogP contribution >= 0.6 is 34.8 Å². The fourth-order valence-corrected chi connectivity index (χ4v) is 3.33. The summed E-state index contributed by atoms with van der Waals surface area (Å²) < 4.78 is 26.7. The predicted molar refractivity (Wildman–Crippen MR) is 78.7 cm³/mol. The Balaban J connectivity index is 2.34. The van der Waals surface area contributed by atoms with Gasteiger partial charge >= 0.3 is 0 Å². The maximum atomic E-state index is 12.1. The molecule has 0 aliphatic rings. The Morgan fingerprint density at radius 3 is 1.84 bits per heavy atom. The van der Waals surface area contributed by atoms with Gasteiger partial charge in [-0.05, 0) is 42.5 Å². The van der Waals surface area contributed by atoms with Crippen LogP contribution in [0.4, 0.5) is 5.69 Å².